The molecule has 1 aromatic carbocycles. The van der Waals surface area contributed by atoms with Gasteiger partial charge in [-0.1, -0.05) is 6.07 Å². The molecule has 1 aliphatic rings. The van der Waals surface area contributed by atoms with E-state index in [0.29, 0.717) is 24.3 Å². The van der Waals surface area contributed by atoms with E-state index in [0.717, 1.165) is 5.56 Å². The zero-order valence-electron chi connectivity index (χ0n) is 13.6. The van der Waals surface area contributed by atoms with E-state index in [1.54, 1.807) is 39.0 Å². The average Bonchev–Trinajstić information content (AvgIpc) is 2.42. The van der Waals surface area contributed by atoms with Gasteiger partial charge in [-0.15, -0.1) is 0 Å². The Morgan fingerprint density at radius 2 is 2.00 bits per heavy atom. The largest absolute Gasteiger partial charge is 0.490 e. The Balaban J connectivity index is 2.02. The molecule has 6 nitrogen and oxygen atoms in total. The molecular weight excluding hydrogens is 318 g/mol. The van der Waals surface area contributed by atoms with Crippen molar-refractivity contribution in [3.8, 4) is 5.75 Å². The maximum atomic E-state index is 12.1. The van der Waals surface area contributed by atoms with Gasteiger partial charge in [-0.05, 0) is 39.3 Å². The maximum Gasteiger partial charge on any atom is 0.224 e. The van der Waals surface area contributed by atoms with E-state index in [2.05, 4.69) is 5.32 Å². The molecule has 1 aliphatic heterocycles. The van der Waals surface area contributed by atoms with Crippen LogP contribution >= 0.6 is 0 Å². The number of carbonyl (C=O) groups is 1. The average molecular weight is 341 g/mol. The molecule has 0 fully saturated rings. The lowest BCUT2D eigenvalue weighted by Crippen LogP contribution is -2.37. The zero-order chi connectivity index (χ0) is 17.3. The Morgan fingerprint density at radius 3 is 2.65 bits per heavy atom. The highest BCUT2D eigenvalue weighted by Gasteiger charge is 2.31. The van der Waals surface area contributed by atoms with Gasteiger partial charge in [0.2, 0.25) is 5.91 Å². The molecule has 0 aromatic heterocycles. The van der Waals surface area contributed by atoms with Crippen molar-refractivity contribution in [3.05, 3.63) is 23.8 Å². The molecule has 0 saturated carbocycles. The van der Waals surface area contributed by atoms with Crippen LogP contribution in [0.25, 0.3) is 0 Å². The van der Waals surface area contributed by atoms with Crippen molar-refractivity contribution in [3.63, 3.8) is 0 Å². The van der Waals surface area contributed by atoms with Crippen LogP contribution in [0.1, 0.15) is 32.8 Å². The third kappa shape index (κ3) is 4.23. The Kier molecular flexibility index (Phi) is 5.01. The third-order valence-corrected chi connectivity index (χ3v) is 6.47. The van der Waals surface area contributed by atoms with E-state index in [1.807, 2.05) is 0 Å². The summed E-state index contributed by atoms with van der Waals surface area (Å²) in [5.41, 5.74) is 1.58. The molecule has 2 rings (SSSR count). The Labute approximate surface area is 136 Å². The highest BCUT2D eigenvalue weighted by molar-refractivity contribution is 7.92. The summed E-state index contributed by atoms with van der Waals surface area (Å²) >= 11 is 0. The predicted octanol–water partition coefficient (Wildman–Crippen LogP) is 1.52. The fourth-order valence-corrected chi connectivity index (χ4v) is 3.37. The number of aliphatic hydroxyl groups is 1. The zero-order valence-corrected chi connectivity index (χ0v) is 14.4. The first-order chi connectivity index (χ1) is 10.6. The van der Waals surface area contributed by atoms with Gasteiger partial charge >= 0.3 is 0 Å². The summed E-state index contributed by atoms with van der Waals surface area (Å²) in [6.07, 6.45) is -0.157. The van der Waals surface area contributed by atoms with Crippen LogP contribution < -0.4 is 10.1 Å². The van der Waals surface area contributed by atoms with Crippen molar-refractivity contribution in [2.24, 2.45) is 0 Å². The molecular formula is C16H23NO5S. The summed E-state index contributed by atoms with van der Waals surface area (Å²) in [6.45, 7) is 4.70. The molecule has 0 bridgehead atoms. The van der Waals surface area contributed by atoms with Crippen LogP contribution in [0.15, 0.2) is 18.2 Å². The first-order valence-electron chi connectivity index (χ1n) is 7.55. The smallest absolute Gasteiger partial charge is 0.224 e. The van der Waals surface area contributed by atoms with E-state index in [4.69, 9.17) is 4.74 Å². The Morgan fingerprint density at radius 1 is 1.30 bits per heavy atom. The summed E-state index contributed by atoms with van der Waals surface area (Å²) in [4.78, 5) is 11.4. The number of hydrogen-bond acceptors (Lipinski definition) is 5. The minimum atomic E-state index is -3.41. The second kappa shape index (κ2) is 6.49. The van der Waals surface area contributed by atoms with Crippen LogP contribution in [0, 0.1) is 0 Å². The van der Waals surface area contributed by atoms with E-state index in [1.165, 1.54) is 0 Å². The number of anilines is 1. The molecule has 0 spiro atoms. The SMILES string of the molecule is CC(C)(C)S(=O)(=O)CC(O)COc1cccc2c1CCC(=O)N2. The molecule has 1 amide bonds. The number of hydrogen-bond donors (Lipinski definition) is 2. The van der Waals surface area contributed by atoms with Crippen LogP contribution in [-0.4, -0.2) is 42.6 Å². The van der Waals surface area contributed by atoms with Crippen LogP contribution in [0.2, 0.25) is 0 Å². The Bertz CT molecular complexity index is 691. The van der Waals surface area contributed by atoms with Crippen molar-refractivity contribution in [2.75, 3.05) is 17.7 Å². The van der Waals surface area contributed by atoms with Gasteiger partial charge < -0.3 is 15.2 Å². The number of ether oxygens (including phenoxy) is 1. The number of aliphatic hydroxyl groups excluding tert-OH is 1. The summed E-state index contributed by atoms with van der Waals surface area (Å²) in [6, 6.07) is 5.29. The quantitative estimate of drug-likeness (QED) is 0.847. The maximum absolute atomic E-state index is 12.1. The minimum absolute atomic E-state index is 0.0362. The van der Waals surface area contributed by atoms with Crippen molar-refractivity contribution in [2.45, 2.75) is 44.5 Å². The first-order valence-corrected chi connectivity index (χ1v) is 9.20. The van der Waals surface area contributed by atoms with Crippen LogP contribution in [0.3, 0.4) is 0 Å². The third-order valence-electron chi connectivity index (χ3n) is 3.79. The second-order valence-electron chi connectivity index (χ2n) is 6.69. The topological polar surface area (TPSA) is 92.7 Å². The van der Waals surface area contributed by atoms with Gasteiger partial charge in [0.05, 0.1) is 10.5 Å². The highest BCUT2D eigenvalue weighted by atomic mass is 32.2. The number of nitrogens with one attached hydrogen (secondary N) is 1. The minimum Gasteiger partial charge on any atom is -0.490 e. The summed E-state index contributed by atoms with van der Waals surface area (Å²) in [5, 5.41) is 12.8. The van der Waals surface area contributed by atoms with E-state index in [9.17, 15) is 18.3 Å². The molecule has 23 heavy (non-hydrogen) atoms. The number of benzene rings is 1. The lowest BCUT2D eigenvalue weighted by atomic mass is 10.0. The molecule has 7 heteroatoms. The summed E-state index contributed by atoms with van der Waals surface area (Å²) in [7, 11) is -3.41. The monoisotopic (exact) mass is 341 g/mol. The van der Waals surface area contributed by atoms with Crippen LogP contribution in [-0.2, 0) is 21.1 Å². The number of rotatable bonds is 5. The van der Waals surface area contributed by atoms with E-state index >= 15 is 0 Å². The molecule has 1 atom stereocenters. The van der Waals surface area contributed by atoms with Crippen molar-refractivity contribution < 1.29 is 23.1 Å². The van der Waals surface area contributed by atoms with Crippen LogP contribution in [0.5, 0.6) is 5.75 Å². The predicted molar refractivity (Wildman–Crippen MR) is 88.4 cm³/mol. The van der Waals surface area contributed by atoms with Gasteiger partial charge in [0.1, 0.15) is 18.5 Å². The number of fused-ring (bicyclic) bond motifs is 1. The fraction of sp³-hybridized carbons (Fsp3) is 0.562. The van der Waals surface area contributed by atoms with Crippen molar-refractivity contribution >= 4 is 21.4 Å². The number of amides is 1. The molecule has 1 aromatic rings. The van der Waals surface area contributed by atoms with E-state index in [-0.39, 0.29) is 18.3 Å². The van der Waals surface area contributed by atoms with E-state index < -0.39 is 20.7 Å². The van der Waals surface area contributed by atoms with Gasteiger partial charge in [0, 0.05) is 17.7 Å². The molecule has 1 unspecified atom stereocenters. The van der Waals surface area contributed by atoms with Gasteiger partial charge in [-0.2, -0.15) is 0 Å². The second-order valence-corrected chi connectivity index (χ2v) is 9.48. The molecule has 1 heterocycles. The molecule has 0 radical (unpaired) electrons. The normalized spacial score (nSPS) is 16.4. The Hall–Kier alpha value is -1.60. The lowest BCUT2D eigenvalue weighted by molar-refractivity contribution is -0.116. The van der Waals surface area contributed by atoms with Gasteiger partial charge in [-0.3, -0.25) is 4.79 Å². The molecule has 0 aliphatic carbocycles. The van der Waals surface area contributed by atoms with Gasteiger partial charge in [0.15, 0.2) is 9.84 Å². The number of carbonyl (C=O) groups excluding carboxylic acids is 1. The summed E-state index contributed by atoms with van der Waals surface area (Å²) in [5.74, 6) is 0.183. The fourth-order valence-electron chi connectivity index (χ4n) is 2.26. The molecule has 128 valence electrons. The van der Waals surface area contributed by atoms with Crippen molar-refractivity contribution in [1.82, 2.24) is 0 Å². The van der Waals surface area contributed by atoms with Crippen molar-refractivity contribution in [1.29, 1.82) is 0 Å². The lowest BCUT2D eigenvalue weighted by Gasteiger charge is -2.23. The standard InChI is InChI=1S/C16H23NO5S/c1-16(2,3)23(20,21)10-11(18)9-22-14-6-4-5-13-12(14)7-8-15(19)17-13/h4-6,11,18H,7-10H2,1-3H3,(H,17,19). The molecule has 2 N–H and O–H groups in total. The number of sulfone groups is 1. The van der Waals surface area contributed by atoms with Gasteiger partial charge in [-0.25, -0.2) is 8.42 Å². The highest BCUT2D eigenvalue weighted by Crippen LogP contribution is 2.31. The van der Waals surface area contributed by atoms with Gasteiger partial charge in [0.25, 0.3) is 0 Å². The summed E-state index contributed by atoms with van der Waals surface area (Å²) < 4.78 is 28.8. The first kappa shape index (κ1) is 17.7. The molecule has 0 saturated heterocycles. The van der Waals surface area contributed by atoms with Crippen LogP contribution in [0.4, 0.5) is 5.69 Å².